The molecule has 0 bridgehead atoms. The van der Waals surface area contributed by atoms with E-state index < -0.39 is 14.4 Å². The number of ether oxygens (including phenoxy) is 1. The number of unbranched alkanes of at least 4 members (excludes halogenated alkanes) is 6. The zero-order valence-electron chi connectivity index (χ0n) is 29.3. The van der Waals surface area contributed by atoms with E-state index in [0.29, 0.717) is 25.2 Å². The molecule has 254 valence electrons. The predicted octanol–water partition coefficient (Wildman–Crippen LogP) is 8.27. The summed E-state index contributed by atoms with van der Waals surface area (Å²) < 4.78 is 4.66. The van der Waals surface area contributed by atoms with Crippen molar-refractivity contribution in [2.75, 3.05) is 7.11 Å². The Hall–Kier alpha value is -3.35. The smallest absolute Gasteiger partial charge is 0.305 e. The van der Waals surface area contributed by atoms with Gasteiger partial charge in [0.2, 0.25) is 0 Å². The Kier molecular flexibility index (Phi) is 19.5. The molecule has 0 spiro atoms. The molecule has 4 nitrogen and oxygen atoms in total. The summed E-state index contributed by atoms with van der Waals surface area (Å²) in [6.07, 6.45) is 21.2. The van der Waals surface area contributed by atoms with Crippen LogP contribution in [0.15, 0.2) is 85.0 Å². The molecule has 0 saturated carbocycles. The van der Waals surface area contributed by atoms with E-state index in [4.69, 9.17) is 0 Å². The van der Waals surface area contributed by atoms with Crippen LogP contribution >= 0.6 is 0 Å². The Morgan fingerprint density at radius 1 is 0.851 bits per heavy atom. The SMILES string of the molecule is CCCC(CC#CC(O)C#CC/C=C\C/C=C\CCCCCCCCC(=O)OC)CC(C)(C)[Si](O)(c1ccccc1)c1ccccc1. The summed E-state index contributed by atoms with van der Waals surface area (Å²) >= 11 is 0. The van der Waals surface area contributed by atoms with Crippen LogP contribution in [0.5, 0.6) is 0 Å². The van der Waals surface area contributed by atoms with E-state index in [9.17, 15) is 14.7 Å². The van der Waals surface area contributed by atoms with Gasteiger partial charge in [-0.1, -0.05) is 162 Å². The maximum Gasteiger partial charge on any atom is 0.305 e. The minimum absolute atomic E-state index is 0.110. The van der Waals surface area contributed by atoms with Crippen LogP contribution in [0, 0.1) is 29.6 Å². The van der Waals surface area contributed by atoms with Gasteiger partial charge in [-0.05, 0) is 59.9 Å². The van der Waals surface area contributed by atoms with Crippen molar-refractivity contribution in [2.24, 2.45) is 5.92 Å². The van der Waals surface area contributed by atoms with E-state index in [1.165, 1.54) is 32.8 Å². The average molecular weight is 655 g/mol. The Labute approximate surface area is 286 Å². The molecular formula is C42H58O4Si. The van der Waals surface area contributed by atoms with Gasteiger partial charge in [-0.3, -0.25) is 4.79 Å². The first-order valence-electron chi connectivity index (χ1n) is 17.6. The number of carbonyl (C=O) groups is 1. The van der Waals surface area contributed by atoms with Crippen LogP contribution in [0.2, 0.25) is 5.04 Å². The van der Waals surface area contributed by atoms with E-state index in [1.807, 2.05) is 42.5 Å². The third kappa shape index (κ3) is 15.0. The summed E-state index contributed by atoms with van der Waals surface area (Å²) in [4.78, 5) is 23.6. The van der Waals surface area contributed by atoms with E-state index in [1.54, 1.807) is 0 Å². The predicted molar refractivity (Wildman–Crippen MR) is 200 cm³/mol. The van der Waals surface area contributed by atoms with Crippen molar-refractivity contribution in [1.29, 1.82) is 0 Å². The third-order valence-electron chi connectivity index (χ3n) is 8.78. The standard InChI is InChI=1S/C42H58O4Si/c1-5-27-37(36-42(2,3)47(45,39-31-21-18-22-32-39)40-33-23-19-24-34-40)28-26-30-38(43)29-20-16-14-12-10-8-6-7-9-11-13-15-17-25-35-41(44)46-4/h6,8,12,14,18-19,21-24,31-34,37-38,43,45H,5,7,9-11,13,15-17,25,27-28,35-36H2,1-4H3/b8-6-,14-12-. The van der Waals surface area contributed by atoms with Gasteiger partial charge in [0.05, 0.1) is 7.11 Å². The monoisotopic (exact) mass is 654 g/mol. The van der Waals surface area contributed by atoms with Crippen LogP contribution in [0.4, 0.5) is 0 Å². The quantitative estimate of drug-likeness (QED) is 0.0496. The summed E-state index contributed by atoms with van der Waals surface area (Å²) in [6.45, 7) is 6.61. The van der Waals surface area contributed by atoms with E-state index in [-0.39, 0.29) is 11.0 Å². The van der Waals surface area contributed by atoms with Crippen molar-refractivity contribution in [2.45, 2.75) is 122 Å². The van der Waals surface area contributed by atoms with Gasteiger partial charge in [0, 0.05) is 19.3 Å². The number of allylic oxidation sites excluding steroid dienone is 4. The van der Waals surface area contributed by atoms with Crippen molar-refractivity contribution in [3.8, 4) is 23.7 Å². The van der Waals surface area contributed by atoms with Gasteiger partial charge >= 0.3 is 5.97 Å². The molecule has 2 aromatic rings. The highest BCUT2D eigenvalue weighted by molar-refractivity contribution is 6.98. The molecule has 2 atom stereocenters. The molecule has 0 aliphatic rings. The van der Waals surface area contributed by atoms with Crippen molar-refractivity contribution >= 4 is 24.7 Å². The lowest BCUT2D eigenvalue weighted by Crippen LogP contribution is -2.65. The lowest BCUT2D eigenvalue weighted by Gasteiger charge is -2.43. The Bertz CT molecular complexity index is 1290. The first-order valence-corrected chi connectivity index (χ1v) is 19.5. The summed E-state index contributed by atoms with van der Waals surface area (Å²) in [5.74, 6) is 12.3. The molecule has 0 aliphatic carbocycles. The van der Waals surface area contributed by atoms with E-state index in [0.717, 1.165) is 55.3 Å². The number of rotatable bonds is 20. The van der Waals surface area contributed by atoms with Crippen LogP contribution < -0.4 is 10.4 Å². The van der Waals surface area contributed by atoms with Gasteiger partial charge in [0.1, 0.15) is 0 Å². The fraction of sp³-hybridized carbons (Fsp3) is 0.500. The number of esters is 1. The van der Waals surface area contributed by atoms with Gasteiger partial charge < -0.3 is 14.6 Å². The molecule has 5 heteroatoms. The minimum atomic E-state index is -3.08. The topological polar surface area (TPSA) is 66.8 Å². The van der Waals surface area contributed by atoms with Crippen LogP contribution in [-0.4, -0.2) is 37.4 Å². The largest absolute Gasteiger partial charge is 0.469 e. The first-order chi connectivity index (χ1) is 22.7. The van der Waals surface area contributed by atoms with Crippen LogP contribution in [0.3, 0.4) is 0 Å². The van der Waals surface area contributed by atoms with E-state index >= 15 is 0 Å². The highest BCUT2D eigenvalue weighted by Crippen LogP contribution is 2.43. The lowest BCUT2D eigenvalue weighted by atomic mass is 9.90. The average Bonchev–Trinajstić information content (AvgIpc) is 3.08. The Morgan fingerprint density at radius 3 is 2.04 bits per heavy atom. The normalized spacial score (nSPS) is 13.1. The maximum atomic E-state index is 12.5. The number of aliphatic hydroxyl groups is 1. The highest BCUT2D eigenvalue weighted by Gasteiger charge is 2.50. The zero-order valence-corrected chi connectivity index (χ0v) is 30.3. The van der Waals surface area contributed by atoms with Crippen LogP contribution in [0.1, 0.15) is 111 Å². The van der Waals surface area contributed by atoms with Gasteiger partial charge in [-0.2, -0.15) is 0 Å². The summed E-state index contributed by atoms with van der Waals surface area (Å²) in [5, 5.41) is 12.1. The molecule has 0 aliphatic heterocycles. The number of carbonyl (C=O) groups excluding carboxylic acids is 1. The fourth-order valence-electron chi connectivity index (χ4n) is 6.22. The molecule has 0 amide bonds. The fourth-order valence-corrected chi connectivity index (χ4v) is 10.1. The highest BCUT2D eigenvalue weighted by atomic mass is 28.4. The molecule has 0 fully saturated rings. The van der Waals surface area contributed by atoms with Crippen LogP contribution in [0.25, 0.3) is 0 Å². The second kappa shape index (κ2) is 23.1. The maximum absolute atomic E-state index is 12.5. The summed E-state index contributed by atoms with van der Waals surface area (Å²) in [7, 11) is -1.63. The molecular weight excluding hydrogens is 597 g/mol. The lowest BCUT2D eigenvalue weighted by molar-refractivity contribution is -0.140. The number of aliphatic hydroxyl groups excluding tert-OH is 1. The van der Waals surface area contributed by atoms with Gasteiger partial charge in [0.15, 0.2) is 6.10 Å². The Balaban J connectivity index is 1.77. The second-order valence-electron chi connectivity index (χ2n) is 13.1. The Morgan fingerprint density at radius 2 is 1.43 bits per heavy atom. The van der Waals surface area contributed by atoms with Crippen molar-refractivity contribution in [1.82, 2.24) is 0 Å². The van der Waals surface area contributed by atoms with Gasteiger partial charge in [-0.15, -0.1) is 0 Å². The third-order valence-corrected chi connectivity index (χ3v) is 13.3. The van der Waals surface area contributed by atoms with Gasteiger partial charge in [0.25, 0.3) is 8.32 Å². The molecule has 0 saturated heterocycles. The minimum Gasteiger partial charge on any atom is -0.469 e. The molecule has 2 N–H and O–H groups in total. The molecule has 0 aromatic heterocycles. The molecule has 2 aromatic carbocycles. The van der Waals surface area contributed by atoms with Crippen molar-refractivity contribution < 1.29 is 19.4 Å². The molecule has 0 radical (unpaired) electrons. The molecule has 47 heavy (non-hydrogen) atoms. The number of benzene rings is 2. The number of hydrogen-bond donors (Lipinski definition) is 2. The molecule has 2 unspecified atom stereocenters. The first kappa shape index (κ1) is 39.8. The van der Waals surface area contributed by atoms with Crippen molar-refractivity contribution in [3.05, 3.63) is 85.0 Å². The van der Waals surface area contributed by atoms with Gasteiger partial charge in [-0.25, -0.2) is 0 Å². The van der Waals surface area contributed by atoms with Crippen molar-refractivity contribution in [3.63, 3.8) is 0 Å². The number of methoxy groups -OCH3 is 1. The molecule has 0 heterocycles. The zero-order chi connectivity index (χ0) is 34.2. The number of hydrogen-bond acceptors (Lipinski definition) is 4. The molecule has 2 rings (SSSR count). The van der Waals surface area contributed by atoms with E-state index in [2.05, 4.69) is 91.7 Å². The van der Waals surface area contributed by atoms with Crippen LogP contribution in [-0.2, 0) is 9.53 Å². The summed E-state index contributed by atoms with van der Waals surface area (Å²) in [6, 6.07) is 20.3. The second-order valence-corrected chi connectivity index (χ2v) is 17.0. The summed E-state index contributed by atoms with van der Waals surface area (Å²) in [5.41, 5.74) is 0.